The van der Waals surface area contributed by atoms with Crippen molar-refractivity contribution in [3.8, 4) is 10.6 Å². The van der Waals surface area contributed by atoms with Crippen LogP contribution in [0.1, 0.15) is 40.9 Å². The lowest BCUT2D eigenvalue weighted by molar-refractivity contribution is 0.0951. The molecule has 0 spiro atoms. The lowest BCUT2D eigenvalue weighted by Crippen LogP contribution is -2.25. The van der Waals surface area contributed by atoms with Crippen LogP contribution in [0.2, 0.25) is 0 Å². The van der Waals surface area contributed by atoms with Crippen molar-refractivity contribution in [3.05, 3.63) is 45.4 Å². The molecule has 0 aliphatic carbocycles. The van der Waals surface area contributed by atoms with Crippen molar-refractivity contribution in [2.24, 2.45) is 7.05 Å². The Morgan fingerprint density at radius 3 is 2.79 bits per heavy atom. The molecule has 4 aromatic rings. The summed E-state index contributed by atoms with van der Waals surface area (Å²) in [5.74, 6) is 0.449. The van der Waals surface area contributed by atoms with Crippen LogP contribution in [0.15, 0.2) is 24.4 Å². The highest BCUT2D eigenvalue weighted by Gasteiger charge is 2.19. The summed E-state index contributed by atoms with van der Waals surface area (Å²) in [6, 6.07) is 6.04. The summed E-state index contributed by atoms with van der Waals surface area (Å²) in [4.78, 5) is 20.1. The molecule has 0 aromatic carbocycles. The number of aryl methyl sites for hydroxylation is 1. The normalized spacial score (nSPS) is 11.5. The third kappa shape index (κ3) is 3.60. The quantitative estimate of drug-likeness (QED) is 0.473. The molecule has 4 aromatic heterocycles. The van der Waals surface area contributed by atoms with E-state index in [0.717, 1.165) is 16.0 Å². The first kappa shape index (κ1) is 19.5. The van der Waals surface area contributed by atoms with Crippen LogP contribution in [-0.4, -0.2) is 35.4 Å². The Bertz CT molecular complexity index is 1260. The molecule has 29 heavy (non-hydrogen) atoms. The highest BCUT2D eigenvalue weighted by atomic mass is 32.1. The van der Waals surface area contributed by atoms with E-state index in [-0.39, 0.29) is 18.5 Å². The second-order valence-electron chi connectivity index (χ2n) is 7.07. The average molecular weight is 428 g/mol. The smallest absolute Gasteiger partial charge is 0.252 e. The van der Waals surface area contributed by atoms with Gasteiger partial charge >= 0.3 is 0 Å². The Morgan fingerprint density at radius 2 is 2.17 bits per heavy atom. The number of aromatic amines is 1. The standard InChI is InChI=1S/C19H21N7OS2/c1-10(2)26-17-13(8-21-26)12(7-14(22-17)15-6-5-11(3)29-15)18(27)20-9-16-23-24-19(28)25(16)4/h5-8,10H,9H2,1-4H3,(H,20,27)(H,24,28). The Hall–Kier alpha value is -2.85. The van der Waals surface area contributed by atoms with E-state index in [0.29, 0.717) is 21.8 Å². The molecule has 1 amide bonds. The molecule has 0 aliphatic heterocycles. The van der Waals surface area contributed by atoms with Crippen molar-refractivity contribution in [3.63, 3.8) is 0 Å². The molecule has 0 aliphatic rings. The number of nitrogens with one attached hydrogen (secondary N) is 2. The van der Waals surface area contributed by atoms with Gasteiger partial charge in [0.15, 0.2) is 16.2 Å². The summed E-state index contributed by atoms with van der Waals surface area (Å²) in [7, 11) is 1.81. The Kier molecular flexibility index (Phi) is 5.05. The van der Waals surface area contributed by atoms with Crippen LogP contribution >= 0.6 is 23.6 Å². The second kappa shape index (κ2) is 7.53. The summed E-state index contributed by atoms with van der Waals surface area (Å²) < 4.78 is 4.08. The number of carbonyl (C=O) groups is 1. The lowest BCUT2D eigenvalue weighted by Gasteiger charge is -2.10. The van der Waals surface area contributed by atoms with Gasteiger partial charge in [-0.1, -0.05) is 0 Å². The molecule has 0 bridgehead atoms. The minimum absolute atomic E-state index is 0.129. The number of nitrogens with zero attached hydrogens (tertiary/aromatic N) is 5. The van der Waals surface area contributed by atoms with Gasteiger partial charge in [-0.25, -0.2) is 9.67 Å². The Morgan fingerprint density at radius 1 is 1.38 bits per heavy atom. The molecule has 0 atom stereocenters. The van der Waals surface area contributed by atoms with Crippen LogP contribution in [0.5, 0.6) is 0 Å². The van der Waals surface area contributed by atoms with Gasteiger partial charge in [0.1, 0.15) is 0 Å². The van der Waals surface area contributed by atoms with Crippen LogP contribution in [0, 0.1) is 11.7 Å². The number of hydrogen-bond donors (Lipinski definition) is 2. The van der Waals surface area contributed by atoms with E-state index in [2.05, 4.69) is 33.6 Å². The van der Waals surface area contributed by atoms with Crippen molar-refractivity contribution < 1.29 is 4.79 Å². The molecule has 0 saturated carbocycles. The molecule has 10 heteroatoms. The van der Waals surface area contributed by atoms with Crippen LogP contribution in [0.4, 0.5) is 0 Å². The summed E-state index contributed by atoms with van der Waals surface area (Å²) in [6.45, 7) is 6.40. The molecule has 8 nitrogen and oxygen atoms in total. The van der Waals surface area contributed by atoms with E-state index < -0.39 is 0 Å². The zero-order valence-electron chi connectivity index (χ0n) is 16.6. The van der Waals surface area contributed by atoms with Crippen LogP contribution in [-0.2, 0) is 13.6 Å². The van der Waals surface area contributed by atoms with Gasteiger partial charge in [0.05, 0.1) is 34.3 Å². The van der Waals surface area contributed by atoms with Crippen molar-refractivity contribution in [1.29, 1.82) is 0 Å². The van der Waals surface area contributed by atoms with Gasteiger partial charge in [0.2, 0.25) is 0 Å². The van der Waals surface area contributed by atoms with Gasteiger partial charge in [-0.05, 0) is 51.2 Å². The van der Waals surface area contributed by atoms with Crippen molar-refractivity contribution in [1.82, 2.24) is 34.8 Å². The van der Waals surface area contributed by atoms with Gasteiger partial charge in [0.25, 0.3) is 5.91 Å². The fraction of sp³-hybridized carbons (Fsp3) is 0.316. The fourth-order valence-electron chi connectivity index (χ4n) is 3.07. The third-order valence-electron chi connectivity index (χ3n) is 4.67. The van der Waals surface area contributed by atoms with Gasteiger partial charge < -0.3 is 9.88 Å². The third-order valence-corrected chi connectivity index (χ3v) is 6.06. The number of carbonyl (C=O) groups excluding carboxylic acids is 1. The van der Waals surface area contributed by atoms with Gasteiger partial charge in [-0.15, -0.1) is 11.3 Å². The summed E-state index contributed by atoms with van der Waals surface area (Å²) >= 11 is 6.77. The molecule has 4 heterocycles. The summed E-state index contributed by atoms with van der Waals surface area (Å²) in [6.07, 6.45) is 1.70. The number of aromatic nitrogens is 6. The fourth-order valence-corrected chi connectivity index (χ4v) is 4.05. The predicted molar refractivity (Wildman–Crippen MR) is 116 cm³/mol. The first-order valence-electron chi connectivity index (χ1n) is 9.18. The maximum atomic E-state index is 13.1. The second-order valence-corrected chi connectivity index (χ2v) is 8.75. The molecular weight excluding hydrogens is 406 g/mol. The largest absolute Gasteiger partial charge is 0.345 e. The number of fused-ring (bicyclic) bond motifs is 1. The van der Waals surface area contributed by atoms with E-state index in [4.69, 9.17) is 17.2 Å². The van der Waals surface area contributed by atoms with Crippen molar-refractivity contribution in [2.75, 3.05) is 0 Å². The van der Waals surface area contributed by atoms with E-state index in [1.807, 2.05) is 37.7 Å². The van der Waals surface area contributed by atoms with Crippen molar-refractivity contribution >= 4 is 40.5 Å². The van der Waals surface area contributed by atoms with E-state index >= 15 is 0 Å². The Balaban J connectivity index is 1.76. The highest BCUT2D eigenvalue weighted by Crippen LogP contribution is 2.30. The number of rotatable bonds is 5. The van der Waals surface area contributed by atoms with Crippen molar-refractivity contribution in [2.45, 2.75) is 33.4 Å². The minimum Gasteiger partial charge on any atom is -0.345 e. The number of H-pyrrole nitrogens is 1. The summed E-state index contributed by atoms with van der Waals surface area (Å²) in [5, 5.41) is 15.0. The van der Waals surface area contributed by atoms with Gasteiger partial charge in [0, 0.05) is 18.0 Å². The summed E-state index contributed by atoms with van der Waals surface area (Å²) in [5.41, 5.74) is 2.01. The molecule has 0 fully saturated rings. The van der Waals surface area contributed by atoms with Gasteiger partial charge in [-0.2, -0.15) is 10.2 Å². The van der Waals surface area contributed by atoms with Crippen LogP contribution < -0.4 is 5.32 Å². The highest BCUT2D eigenvalue weighted by molar-refractivity contribution is 7.71. The maximum Gasteiger partial charge on any atom is 0.252 e. The predicted octanol–water partition coefficient (Wildman–Crippen LogP) is 3.77. The molecule has 4 rings (SSSR count). The molecule has 0 unspecified atom stereocenters. The molecular formula is C19H21N7OS2. The molecule has 0 saturated heterocycles. The van der Waals surface area contributed by atoms with E-state index in [1.165, 1.54) is 4.88 Å². The number of amides is 1. The molecule has 2 N–H and O–H groups in total. The zero-order valence-corrected chi connectivity index (χ0v) is 18.2. The van der Waals surface area contributed by atoms with E-state index in [1.54, 1.807) is 22.1 Å². The SMILES string of the molecule is Cc1ccc(-c2cc(C(=O)NCc3n[nH]c(=S)n3C)c3cnn(C(C)C)c3n2)s1. The molecule has 0 radical (unpaired) electrons. The first-order chi connectivity index (χ1) is 13.8. The first-order valence-corrected chi connectivity index (χ1v) is 10.4. The molecule has 150 valence electrons. The minimum atomic E-state index is -0.204. The monoisotopic (exact) mass is 427 g/mol. The van der Waals surface area contributed by atoms with Crippen LogP contribution in [0.3, 0.4) is 0 Å². The number of hydrogen-bond acceptors (Lipinski definition) is 6. The maximum absolute atomic E-state index is 13.1. The lowest BCUT2D eigenvalue weighted by atomic mass is 10.1. The van der Waals surface area contributed by atoms with Gasteiger partial charge in [-0.3, -0.25) is 9.89 Å². The number of thiophene rings is 1. The topological polar surface area (TPSA) is 93.4 Å². The van der Waals surface area contributed by atoms with Crippen LogP contribution in [0.25, 0.3) is 21.6 Å². The Labute approximate surface area is 176 Å². The number of pyridine rings is 1. The average Bonchev–Trinajstić information content (AvgIpc) is 3.39. The zero-order chi connectivity index (χ0) is 20.7. The van der Waals surface area contributed by atoms with E-state index in [9.17, 15) is 4.79 Å².